The Morgan fingerprint density at radius 2 is 1.63 bits per heavy atom. The quantitative estimate of drug-likeness (QED) is 0.734. The number of alkyl halides is 3. The lowest BCUT2D eigenvalue weighted by Crippen LogP contribution is -2.19. The molecule has 1 heterocycles. The maximum absolute atomic E-state index is 12.9. The molecule has 1 nitrogen and oxygen atoms in total. The van der Waals surface area contributed by atoms with Gasteiger partial charge in [0.1, 0.15) is 0 Å². The van der Waals surface area contributed by atoms with Crippen molar-refractivity contribution in [1.29, 1.82) is 0 Å². The van der Waals surface area contributed by atoms with Gasteiger partial charge in [-0.2, -0.15) is 13.2 Å². The molecule has 1 aliphatic carbocycles. The molecule has 1 aromatic carbocycles. The molecule has 0 amide bonds. The van der Waals surface area contributed by atoms with Crippen molar-refractivity contribution in [3.63, 3.8) is 0 Å². The van der Waals surface area contributed by atoms with Crippen LogP contribution in [0.25, 0.3) is 0 Å². The number of nitrogens with one attached hydrogen (secondary N) is 1. The van der Waals surface area contributed by atoms with Gasteiger partial charge in [-0.25, -0.2) is 0 Å². The minimum atomic E-state index is -4.28. The maximum Gasteiger partial charge on any atom is 0.416 e. The van der Waals surface area contributed by atoms with Crippen LogP contribution in [-0.4, -0.2) is 6.54 Å². The van der Waals surface area contributed by atoms with Crippen molar-refractivity contribution in [3.8, 4) is 0 Å². The second-order valence-corrected chi connectivity index (χ2v) is 6.77. The Kier molecular flexibility index (Phi) is 2.09. The fourth-order valence-corrected chi connectivity index (χ4v) is 4.10. The number of anilines is 1. The molecule has 1 saturated carbocycles. The third-order valence-electron chi connectivity index (χ3n) is 5.98. The molecule has 19 heavy (non-hydrogen) atoms. The first kappa shape index (κ1) is 12.8. The lowest BCUT2D eigenvalue weighted by Gasteiger charge is -2.16. The summed E-state index contributed by atoms with van der Waals surface area (Å²) in [5, 5.41) is 3.28. The van der Waals surface area contributed by atoms with Gasteiger partial charge in [0.15, 0.2) is 0 Å². The highest BCUT2D eigenvalue weighted by Gasteiger charge is 2.79. The normalized spacial score (nSPS) is 25.0. The minimum absolute atomic E-state index is 0.00245. The zero-order valence-corrected chi connectivity index (χ0v) is 11.6. The van der Waals surface area contributed by atoms with Gasteiger partial charge in [0.05, 0.1) is 5.56 Å². The van der Waals surface area contributed by atoms with Crippen molar-refractivity contribution >= 4 is 5.69 Å². The van der Waals surface area contributed by atoms with E-state index >= 15 is 0 Å². The average Bonchev–Trinajstić information content (AvgIpc) is 2.63. The zero-order valence-electron chi connectivity index (χ0n) is 11.6. The van der Waals surface area contributed by atoms with Crippen molar-refractivity contribution in [2.45, 2.75) is 39.3 Å². The van der Waals surface area contributed by atoms with Gasteiger partial charge in [0.25, 0.3) is 0 Å². The number of benzene rings is 1. The molecular formula is C15H18F3N. The Balaban J connectivity index is 2.17. The first-order chi connectivity index (χ1) is 8.56. The molecule has 1 aliphatic heterocycles. The van der Waals surface area contributed by atoms with Gasteiger partial charge in [-0.3, -0.25) is 0 Å². The summed E-state index contributed by atoms with van der Waals surface area (Å²) in [6, 6.07) is 4.07. The number of rotatable bonds is 0. The Morgan fingerprint density at radius 1 is 1.05 bits per heavy atom. The van der Waals surface area contributed by atoms with Gasteiger partial charge in [0, 0.05) is 17.6 Å². The molecule has 1 fully saturated rings. The fraction of sp³-hybridized carbons (Fsp3) is 0.600. The van der Waals surface area contributed by atoms with E-state index in [0.29, 0.717) is 0 Å². The van der Waals surface area contributed by atoms with Crippen LogP contribution in [0.3, 0.4) is 0 Å². The van der Waals surface area contributed by atoms with E-state index in [0.717, 1.165) is 23.9 Å². The van der Waals surface area contributed by atoms with Gasteiger partial charge < -0.3 is 5.32 Å². The highest BCUT2D eigenvalue weighted by molar-refractivity contribution is 5.67. The maximum atomic E-state index is 12.9. The van der Waals surface area contributed by atoms with Gasteiger partial charge in [-0.15, -0.1) is 0 Å². The monoisotopic (exact) mass is 269 g/mol. The molecule has 1 spiro atoms. The summed E-state index contributed by atoms with van der Waals surface area (Å²) in [4.78, 5) is 0. The third kappa shape index (κ3) is 1.23. The minimum Gasteiger partial charge on any atom is -0.384 e. The highest BCUT2D eigenvalue weighted by Crippen LogP contribution is 2.80. The molecule has 0 atom stereocenters. The van der Waals surface area contributed by atoms with E-state index < -0.39 is 11.7 Å². The molecule has 104 valence electrons. The van der Waals surface area contributed by atoms with E-state index in [2.05, 4.69) is 33.0 Å². The topological polar surface area (TPSA) is 12.0 Å². The lowest BCUT2D eigenvalue weighted by atomic mass is 9.87. The van der Waals surface area contributed by atoms with Crippen LogP contribution in [0.15, 0.2) is 18.2 Å². The van der Waals surface area contributed by atoms with Crippen LogP contribution in [0.4, 0.5) is 18.9 Å². The van der Waals surface area contributed by atoms with Gasteiger partial charge >= 0.3 is 6.18 Å². The molecule has 0 unspecified atom stereocenters. The van der Waals surface area contributed by atoms with E-state index in [-0.39, 0.29) is 16.2 Å². The summed E-state index contributed by atoms with van der Waals surface area (Å²) in [7, 11) is 0. The predicted molar refractivity (Wildman–Crippen MR) is 69.2 cm³/mol. The summed E-state index contributed by atoms with van der Waals surface area (Å²) < 4.78 is 38.7. The van der Waals surface area contributed by atoms with Crippen molar-refractivity contribution in [2.24, 2.45) is 10.8 Å². The Morgan fingerprint density at radius 3 is 2.11 bits per heavy atom. The van der Waals surface area contributed by atoms with Crippen molar-refractivity contribution in [1.82, 2.24) is 0 Å². The zero-order chi connectivity index (χ0) is 14.3. The molecule has 1 aromatic rings. The fourth-order valence-electron chi connectivity index (χ4n) is 4.10. The van der Waals surface area contributed by atoms with E-state index in [1.165, 1.54) is 6.07 Å². The summed E-state index contributed by atoms with van der Waals surface area (Å²) in [6.45, 7) is 9.30. The van der Waals surface area contributed by atoms with Crippen molar-refractivity contribution < 1.29 is 13.2 Å². The van der Waals surface area contributed by atoms with Gasteiger partial charge in [-0.05, 0) is 34.6 Å². The highest BCUT2D eigenvalue weighted by atomic mass is 19.4. The Bertz CT molecular complexity index is 541. The molecule has 1 N–H and O–H groups in total. The summed E-state index contributed by atoms with van der Waals surface area (Å²) in [6.07, 6.45) is -4.28. The third-order valence-corrected chi connectivity index (χ3v) is 5.98. The van der Waals surface area contributed by atoms with Crippen LogP contribution >= 0.6 is 0 Å². The predicted octanol–water partition coefficient (Wildman–Crippen LogP) is 4.43. The van der Waals surface area contributed by atoms with Gasteiger partial charge in [-0.1, -0.05) is 27.7 Å². The van der Waals surface area contributed by atoms with Crippen LogP contribution < -0.4 is 5.32 Å². The largest absolute Gasteiger partial charge is 0.416 e. The second-order valence-electron chi connectivity index (χ2n) is 6.77. The molecule has 3 rings (SSSR count). The van der Waals surface area contributed by atoms with Crippen molar-refractivity contribution in [2.75, 3.05) is 11.9 Å². The average molecular weight is 269 g/mol. The standard InChI is InChI=1S/C15H18F3N/c1-12(2)13(3,4)14(12)8-19-11-6-5-9(7-10(11)14)15(16,17)18/h5-7,19H,8H2,1-4H3. The summed E-state index contributed by atoms with van der Waals surface area (Å²) >= 11 is 0. The number of hydrogen-bond acceptors (Lipinski definition) is 1. The summed E-state index contributed by atoms with van der Waals surface area (Å²) in [5.41, 5.74) is 0.957. The molecule has 0 saturated heterocycles. The number of halogens is 3. The van der Waals surface area contributed by atoms with E-state index in [1.54, 1.807) is 6.07 Å². The molecule has 0 aromatic heterocycles. The summed E-state index contributed by atoms with van der Waals surface area (Å²) in [5.74, 6) is 0. The van der Waals surface area contributed by atoms with E-state index in [9.17, 15) is 13.2 Å². The molecule has 0 bridgehead atoms. The van der Waals surface area contributed by atoms with E-state index in [1.807, 2.05) is 0 Å². The number of hydrogen-bond donors (Lipinski definition) is 1. The smallest absolute Gasteiger partial charge is 0.384 e. The van der Waals surface area contributed by atoms with Crippen LogP contribution in [-0.2, 0) is 11.6 Å². The molecule has 4 heteroatoms. The Hall–Kier alpha value is -1.19. The van der Waals surface area contributed by atoms with Crippen LogP contribution in [0.5, 0.6) is 0 Å². The van der Waals surface area contributed by atoms with Crippen LogP contribution in [0.1, 0.15) is 38.8 Å². The van der Waals surface area contributed by atoms with E-state index in [4.69, 9.17) is 0 Å². The molecular weight excluding hydrogens is 251 g/mol. The SMILES string of the molecule is CC1(C)C(C)(C)C12CNc1ccc(C(F)(F)F)cc12. The molecule has 2 aliphatic rings. The molecule has 0 radical (unpaired) electrons. The Labute approximate surface area is 111 Å². The first-order valence-corrected chi connectivity index (χ1v) is 6.51. The van der Waals surface area contributed by atoms with Crippen molar-refractivity contribution in [3.05, 3.63) is 29.3 Å². The first-order valence-electron chi connectivity index (χ1n) is 6.51. The van der Waals surface area contributed by atoms with Crippen LogP contribution in [0.2, 0.25) is 0 Å². The lowest BCUT2D eigenvalue weighted by molar-refractivity contribution is -0.137. The van der Waals surface area contributed by atoms with Crippen LogP contribution in [0, 0.1) is 10.8 Å². The number of fused-ring (bicyclic) bond motifs is 2. The second kappa shape index (κ2) is 3.10. The van der Waals surface area contributed by atoms with Gasteiger partial charge in [0.2, 0.25) is 0 Å².